The average Bonchev–Trinajstić information content (AvgIpc) is 3.19. The fourth-order valence-corrected chi connectivity index (χ4v) is 2.55. The lowest BCUT2D eigenvalue weighted by molar-refractivity contribution is -0.116. The molecule has 144 valence electrons. The Balaban J connectivity index is 1.51. The molecule has 0 aliphatic rings. The number of benzene rings is 2. The number of carbonyl (C=O) groups is 1. The maximum atomic E-state index is 12.0. The summed E-state index contributed by atoms with van der Waals surface area (Å²) in [6.07, 6.45) is 4.14. The number of hydrogen-bond donors (Lipinski definition) is 1. The molecule has 0 saturated carbocycles. The van der Waals surface area contributed by atoms with Crippen LogP contribution in [0.4, 0.5) is 0 Å². The molecular formula is C21H20ClN3O3. The molecule has 2 aromatic carbocycles. The molecule has 0 unspecified atom stereocenters. The van der Waals surface area contributed by atoms with E-state index in [-0.39, 0.29) is 12.5 Å². The number of halogens is 1. The summed E-state index contributed by atoms with van der Waals surface area (Å²) in [5, 5.41) is 7.20. The average molecular weight is 398 g/mol. The van der Waals surface area contributed by atoms with Gasteiger partial charge in [0, 0.05) is 16.7 Å². The third-order valence-electron chi connectivity index (χ3n) is 3.74. The number of ether oxygens (including phenoxy) is 1. The van der Waals surface area contributed by atoms with Crippen molar-refractivity contribution in [1.82, 2.24) is 15.5 Å². The fraction of sp³-hybridized carbons (Fsp3) is 0.190. The second-order valence-electron chi connectivity index (χ2n) is 5.99. The van der Waals surface area contributed by atoms with E-state index in [1.807, 2.05) is 36.4 Å². The normalized spacial score (nSPS) is 10.9. The molecule has 0 fully saturated rings. The third kappa shape index (κ3) is 5.69. The van der Waals surface area contributed by atoms with Gasteiger partial charge in [0.1, 0.15) is 5.75 Å². The number of aromatic nitrogens is 2. The molecule has 6 nitrogen and oxygen atoms in total. The van der Waals surface area contributed by atoms with Crippen molar-refractivity contribution in [3.63, 3.8) is 0 Å². The minimum atomic E-state index is -0.256. The minimum absolute atomic E-state index is 0.139. The number of hydrogen-bond acceptors (Lipinski definition) is 5. The lowest BCUT2D eigenvalue weighted by Crippen LogP contribution is -2.20. The van der Waals surface area contributed by atoms with Crippen LogP contribution in [0.15, 0.2) is 59.1 Å². The van der Waals surface area contributed by atoms with Gasteiger partial charge in [0.2, 0.25) is 17.6 Å². The second kappa shape index (κ2) is 9.71. The SMILES string of the molecule is CCCOc1ccc(/C=C/C(=O)NCc2nc(-c3cccc(Cl)c3)no2)cc1. The van der Waals surface area contributed by atoms with Gasteiger partial charge in [-0.15, -0.1) is 0 Å². The standard InChI is InChI=1S/C21H20ClN3O3/c1-2-12-27-18-9-6-15(7-10-18)8-11-19(26)23-14-20-24-21(25-28-20)16-4-3-5-17(22)13-16/h3-11,13H,2,12,14H2,1H3,(H,23,26)/b11-8+. The molecule has 7 heteroatoms. The number of carbonyl (C=O) groups excluding carboxylic acids is 1. The number of amides is 1. The Hall–Kier alpha value is -3.12. The van der Waals surface area contributed by atoms with E-state index >= 15 is 0 Å². The van der Waals surface area contributed by atoms with E-state index in [1.54, 1.807) is 18.2 Å². The van der Waals surface area contributed by atoms with Gasteiger partial charge < -0.3 is 14.6 Å². The van der Waals surface area contributed by atoms with E-state index in [0.29, 0.717) is 23.3 Å². The molecule has 0 atom stereocenters. The number of nitrogens with one attached hydrogen (secondary N) is 1. The summed E-state index contributed by atoms with van der Waals surface area (Å²) in [5.74, 6) is 1.30. The van der Waals surface area contributed by atoms with Gasteiger partial charge in [-0.2, -0.15) is 4.98 Å². The zero-order valence-corrected chi connectivity index (χ0v) is 16.1. The maximum Gasteiger partial charge on any atom is 0.246 e. The van der Waals surface area contributed by atoms with Crippen molar-refractivity contribution >= 4 is 23.6 Å². The van der Waals surface area contributed by atoms with Crippen molar-refractivity contribution < 1.29 is 14.1 Å². The molecule has 0 aliphatic carbocycles. The summed E-state index contributed by atoms with van der Waals surface area (Å²) >= 11 is 5.96. The Morgan fingerprint density at radius 2 is 2.07 bits per heavy atom. The minimum Gasteiger partial charge on any atom is -0.494 e. The van der Waals surface area contributed by atoms with E-state index in [0.717, 1.165) is 23.3 Å². The first-order chi connectivity index (χ1) is 13.6. The van der Waals surface area contributed by atoms with Crippen LogP contribution < -0.4 is 10.1 Å². The van der Waals surface area contributed by atoms with E-state index in [9.17, 15) is 4.79 Å². The largest absolute Gasteiger partial charge is 0.494 e. The summed E-state index contributed by atoms with van der Waals surface area (Å²) in [4.78, 5) is 16.2. The summed E-state index contributed by atoms with van der Waals surface area (Å²) in [6.45, 7) is 2.88. The Kier molecular flexibility index (Phi) is 6.81. The summed E-state index contributed by atoms with van der Waals surface area (Å²) in [6, 6.07) is 14.7. The highest BCUT2D eigenvalue weighted by atomic mass is 35.5. The van der Waals surface area contributed by atoms with Crippen LogP contribution in [0.2, 0.25) is 5.02 Å². The maximum absolute atomic E-state index is 12.0. The lowest BCUT2D eigenvalue weighted by atomic mass is 10.2. The molecule has 0 saturated heterocycles. The van der Waals surface area contributed by atoms with Crippen molar-refractivity contribution in [3.05, 3.63) is 71.1 Å². The first kappa shape index (κ1) is 19.6. The predicted molar refractivity (Wildman–Crippen MR) is 108 cm³/mol. The Labute approximate surface area is 168 Å². The molecule has 0 bridgehead atoms. The number of rotatable bonds is 8. The van der Waals surface area contributed by atoms with Crippen molar-refractivity contribution in [2.75, 3.05) is 6.61 Å². The molecule has 1 amide bonds. The highest BCUT2D eigenvalue weighted by molar-refractivity contribution is 6.30. The summed E-state index contributed by atoms with van der Waals surface area (Å²) < 4.78 is 10.7. The van der Waals surface area contributed by atoms with Gasteiger partial charge in [0.05, 0.1) is 13.2 Å². The Bertz CT molecular complexity index is 952. The van der Waals surface area contributed by atoms with Gasteiger partial charge in [-0.1, -0.05) is 47.9 Å². The zero-order chi connectivity index (χ0) is 19.8. The topological polar surface area (TPSA) is 77.2 Å². The van der Waals surface area contributed by atoms with Crippen molar-refractivity contribution in [1.29, 1.82) is 0 Å². The first-order valence-electron chi connectivity index (χ1n) is 8.91. The molecule has 0 aliphatic heterocycles. The van der Waals surface area contributed by atoms with Crippen LogP contribution in [0.5, 0.6) is 5.75 Å². The molecule has 1 heterocycles. The van der Waals surface area contributed by atoms with Crippen LogP contribution in [0.1, 0.15) is 24.8 Å². The molecule has 0 spiro atoms. The van der Waals surface area contributed by atoms with Gasteiger partial charge in [0.25, 0.3) is 0 Å². The van der Waals surface area contributed by atoms with Crippen LogP contribution in [-0.4, -0.2) is 22.7 Å². The van der Waals surface area contributed by atoms with Crippen molar-refractivity contribution in [2.45, 2.75) is 19.9 Å². The van der Waals surface area contributed by atoms with Gasteiger partial charge in [0.15, 0.2) is 0 Å². The summed E-state index contributed by atoms with van der Waals surface area (Å²) in [5.41, 5.74) is 1.65. The van der Waals surface area contributed by atoms with Crippen LogP contribution in [-0.2, 0) is 11.3 Å². The third-order valence-corrected chi connectivity index (χ3v) is 3.98. The molecule has 3 rings (SSSR count). The molecular weight excluding hydrogens is 378 g/mol. The van der Waals surface area contributed by atoms with Crippen LogP contribution in [0.25, 0.3) is 17.5 Å². The van der Waals surface area contributed by atoms with Crippen LogP contribution in [0, 0.1) is 0 Å². The Morgan fingerprint density at radius 3 is 2.82 bits per heavy atom. The molecule has 1 N–H and O–H groups in total. The summed E-state index contributed by atoms with van der Waals surface area (Å²) in [7, 11) is 0. The monoisotopic (exact) mass is 397 g/mol. The van der Waals surface area contributed by atoms with E-state index in [4.69, 9.17) is 20.9 Å². The van der Waals surface area contributed by atoms with Crippen molar-refractivity contribution in [3.8, 4) is 17.1 Å². The fourth-order valence-electron chi connectivity index (χ4n) is 2.36. The van der Waals surface area contributed by atoms with Crippen LogP contribution >= 0.6 is 11.6 Å². The van der Waals surface area contributed by atoms with E-state index < -0.39 is 0 Å². The van der Waals surface area contributed by atoms with Crippen molar-refractivity contribution in [2.24, 2.45) is 0 Å². The van der Waals surface area contributed by atoms with Gasteiger partial charge >= 0.3 is 0 Å². The molecule has 0 radical (unpaired) electrons. The molecule has 3 aromatic rings. The van der Waals surface area contributed by atoms with Gasteiger partial charge in [-0.3, -0.25) is 4.79 Å². The van der Waals surface area contributed by atoms with E-state index in [2.05, 4.69) is 22.4 Å². The second-order valence-corrected chi connectivity index (χ2v) is 6.43. The lowest BCUT2D eigenvalue weighted by Gasteiger charge is -2.04. The van der Waals surface area contributed by atoms with Gasteiger partial charge in [-0.25, -0.2) is 0 Å². The van der Waals surface area contributed by atoms with Gasteiger partial charge in [-0.05, 0) is 42.3 Å². The Morgan fingerprint density at radius 1 is 1.25 bits per heavy atom. The zero-order valence-electron chi connectivity index (χ0n) is 15.4. The quantitative estimate of drug-likeness (QED) is 0.566. The predicted octanol–water partition coefficient (Wildman–Crippen LogP) is 4.51. The molecule has 1 aromatic heterocycles. The smallest absolute Gasteiger partial charge is 0.246 e. The van der Waals surface area contributed by atoms with Crippen LogP contribution in [0.3, 0.4) is 0 Å². The highest BCUT2D eigenvalue weighted by Crippen LogP contribution is 2.19. The van der Waals surface area contributed by atoms with E-state index in [1.165, 1.54) is 6.08 Å². The highest BCUT2D eigenvalue weighted by Gasteiger charge is 2.09. The first-order valence-corrected chi connectivity index (χ1v) is 9.29. The molecule has 28 heavy (non-hydrogen) atoms. The number of nitrogens with zero attached hydrogens (tertiary/aromatic N) is 2.